The number of nitrogens with zero attached hydrogens (tertiary/aromatic N) is 1. The van der Waals surface area contributed by atoms with Crippen LogP contribution < -0.4 is 9.62 Å². The van der Waals surface area contributed by atoms with Crippen LogP contribution in [-0.2, 0) is 14.8 Å². The molecule has 32 heavy (non-hydrogen) atoms. The number of hydrogen-bond acceptors (Lipinski definition) is 4. The molecule has 168 valence electrons. The maximum absolute atomic E-state index is 13.4. The minimum absolute atomic E-state index is 0.0650. The number of nitrogens with one attached hydrogen (secondary N) is 1. The number of anilines is 1. The zero-order chi connectivity index (χ0) is 23.1. The molecule has 0 aliphatic heterocycles. The van der Waals surface area contributed by atoms with Gasteiger partial charge in [0.25, 0.3) is 10.0 Å². The fraction of sp³-hybridized carbons (Fsp3) is 0.208. The molecule has 1 N–H and O–H groups in total. The largest absolute Gasteiger partial charge is 0.354 e. The van der Waals surface area contributed by atoms with Crippen molar-refractivity contribution in [2.75, 3.05) is 23.1 Å². The molecule has 0 saturated carbocycles. The zero-order valence-electron chi connectivity index (χ0n) is 17.9. The van der Waals surface area contributed by atoms with Crippen molar-refractivity contribution in [3.05, 3.63) is 89.7 Å². The summed E-state index contributed by atoms with van der Waals surface area (Å²) in [6, 6.07) is 19.5. The Balaban J connectivity index is 1.69. The molecule has 8 heteroatoms. The number of aryl methyl sites for hydroxylation is 2. The number of carbonyl (C=O) groups excluding carboxylic acids is 1. The molecule has 1 amide bonds. The van der Waals surface area contributed by atoms with Gasteiger partial charge in [0.05, 0.1) is 10.6 Å². The Bertz CT molecular complexity index is 1150. The fourth-order valence-electron chi connectivity index (χ4n) is 2.94. The van der Waals surface area contributed by atoms with E-state index < -0.39 is 28.3 Å². The number of amides is 1. The molecule has 3 aromatic carbocycles. The van der Waals surface area contributed by atoms with E-state index in [2.05, 4.69) is 5.32 Å². The molecule has 0 fully saturated rings. The summed E-state index contributed by atoms with van der Waals surface area (Å²) < 4.78 is 40.9. The van der Waals surface area contributed by atoms with Crippen LogP contribution in [0.4, 0.5) is 10.1 Å². The molecular weight excluding hydrogens is 447 g/mol. The predicted molar refractivity (Wildman–Crippen MR) is 127 cm³/mol. The Labute approximate surface area is 192 Å². The van der Waals surface area contributed by atoms with Crippen molar-refractivity contribution in [3.63, 3.8) is 0 Å². The predicted octanol–water partition coefficient (Wildman–Crippen LogP) is 4.55. The minimum Gasteiger partial charge on any atom is -0.354 e. The van der Waals surface area contributed by atoms with E-state index in [1.165, 1.54) is 42.0 Å². The van der Waals surface area contributed by atoms with Crippen molar-refractivity contribution in [1.29, 1.82) is 0 Å². The summed E-state index contributed by atoms with van der Waals surface area (Å²) in [7, 11) is -4.01. The van der Waals surface area contributed by atoms with Gasteiger partial charge in [-0.2, -0.15) is 0 Å². The summed E-state index contributed by atoms with van der Waals surface area (Å²) in [5, 5.41) is 2.77. The Kier molecular flexibility index (Phi) is 7.93. The van der Waals surface area contributed by atoms with Crippen LogP contribution >= 0.6 is 11.8 Å². The van der Waals surface area contributed by atoms with Gasteiger partial charge in [0.15, 0.2) is 0 Å². The lowest BCUT2D eigenvalue weighted by Gasteiger charge is -2.24. The Morgan fingerprint density at radius 3 is 2.06 bits per heavy atom. The number of thioether (sulfide) groups is 1. The average Bonchev–Trinajstić information content (AvgIpc) is 2.77. The highest BCUT2D eigenvalue weighted by atomic mass is 32.2. The van der Waals surface area contributed by atoms with Crippen molar-refractivity contribution in [2.45, 2.75) is 23.6 Å². The van der Waals surface area contributed by atoms with E-state index in [1.54, 1.807) is 23.9 Å². The smallest absolute Gasteiger partial charge is 0.264 e. The standard InChI is InChI=1S/C24H25FN2O3S2/c1-18-3-11-22(12-4-18)31-16-15-26-24(28)17-27(21-9-7-20(25)8-10-21)32(29,30)23-13-5-19(2)6-14-23/h3-14H,15-17H2,1-2H3,(H,26,28). The van der Waals surface area contributed by atoms with E-state index in [9.17, 15) is 17.6 Å². The monoisotopic (exact) mass is 472 g/mol. The van der Waals surface area contributed by atoms with Crippen molar-refractivity contribution >= 4 is 33.4 Å². The van der Waals surface area contributed by atoms with Crippen molar-refractivity contribution < 1.29 is 17.6 Å². The highest BCUT2D eigenvalue weighted by molar-refractivity contribution is 7.99. The summed E-state index contributed by atoms with van der Waals surface area (Å²) in [5.41, 5.74) is 2.32. The number of sulfonamides is 1. The first-order valence-corrected chi connectivity index (χ1v) is 12.5. The molecule has 0 spiro atoms. The van der Waals surface area contributed by atoms with Crippen LogP contribution in [0.1, 0.15) is 11.1 Å². The van der Waals surface area contributed by atoms with Gasteiger partial charge in [0.1, 0.15) is 12.4 Å². The second-order valence-electron chi connectivity index (χ2n) is 7.31. The fourth-order valence-corrected chi connectivity index (χ4v) is 5.13. The molecule has 0 bridgehead atoms. The van der Waals surface area contributed by atoms with Crippen LogP contribution in [0.25, 0.3) is 0 Å². The van der Waals surface area contributed by atoms with Crippen LogP contribution in [0.2, 0.25) is 0 Å². The van der Waals surface area contributed by atoms with E-state index in [-0.39, 0.29) is 10.6 Å². The van der Waals surface area contributed by atoms with Crippen LogP contribution in [0.15, 0.2) is 82.6 Å². The van der Waals surface area contributed by atoms with E-state index in [0.717, 1.165) is 14.8 Å². The summed E-state index contributed by atoms with van der Waals surface area (Å²) in [6.45, 7) is 3.86. The van der Waals surface area contributed by atoms with Crippen LogP contribution in [0, 0.1) is 19.7 Å². The maximum atomic E-state index is 13.4. The second-order valence-corrected chi connectivity index (χ2v) is 10.3. The lowest BCUT2D eigenvalue weighted by molar-refractivity contribution is -0.119. The van der Waals surface area contributed by atoms with Gasteiger partial charge in [0.2, 0.25) is 5.91 Å². The number of carbonyl (C=O) groups is 1. The Morgan fingerprint density at radius 2 is 1.47 bits per heavy atom. The highest BCUT2D eigenvalue weighted by Crippen LogP contribution is 2.24. The van der Waals surface area contributed by atoms with Gasteiger partial charge in [-0.3, -0.25) is 9.10 Å². The van der Waals surface area contributed by atoms with Crippen LogP contribution in [0.3, 0.4) is 0 Å². The molecule has 0 atom stereocenters. The first-order valence-electron chi connectivity index (χ1n) is 10.1. The molecule has 0 aliphatic rings. The van der Waals surface area contributed by atoms with E-state index >= 15 is 0 Å². The molecule has 0 radical (unpaired) electrons. The quantitative estimate of drug-likeness (QED) is 0.367. The SMILES string of the molecule is Cc1ccc(SCCNC(=O)CN(c2ccc(F)cc2)S(=O)(=O)c2ccc(C)cc2)cc1. The number of hydrogen-bond donors (Lipinski definition) is 1. The summed E-state index contributed by atoms with van der Waals surface area (Å²) >= 11 is 1.60. The van der Waals surface area contributed by atoms with Gasteiger partial charge >= 0.3 is 0 Å². The van der Waals surface area contributed by atoms with Crippen molar-refractivity contribution in [2.24, 2.45) is 0 Å². The molecule has 0 aliphatic carbocycles. The second kappa shape index (κ2) is 10.7. The molecule has 3 rings (SSSR count). The molecule has 0 unspecified atom stereocenters. The third-order valence-corrected chi connectivity index (χ3v) is 7.53. The number of halogens is 1. The lowest BCUT2D eigenvalue weighted by Crippen LogP contribution is -2.41. The third-order valence-electron chi connectivity index (χ3n) is 4.72. The van der Waals surface area contributed by atoms with Gasteiger partial charge in [-0.15, -0.1) is 11.8 Å². The highest BCUT2D eigenvalue weighted by Gasteiger charge is 2.27. The Hall–Kier alpha value is -2.84. The summed E-state index contributed by atoms with van der Waals surface area (Å²) in [5.74, 6) is -0.274. The van der Waals surface area contributed by atoms with Crippen molar-refractivity contribution in [1.82, 2.24) is 5.32 Å². The maximum Gasteiger partial charge on any atom is 0.264 e. The topological polar surface area (TPSA) is 66.5 Å². The van der Waals surface area contributed by atoms with Gasteiger partial charge in [0, 0.05) is 17.2 Å². The van der Waals surface area contributed by atoms with E-state index in [0.29, 0.717) is 12.3 Å². The van der Waals surface area contributed by atoms with Crippen LogP contribution in [-0.4, -0.2) is 33.2 Å². The normalized spacial score (nSPS) is 11.2. The third kappa shape index (κ3) is 6.34. The first-order chi connectivity index (χ1) is 15.3. The molecular formula is C24H25FN2O3S2. The van der Waals surface area contributed by atoms with E-state index in [1.807, 2.05) is 38.1 Å². The molecule has 5 nitrogen and oxygen atoms in total. The molecule has 0 saturated heterocycles. The average molecular weight is 473 g/mol. The van der Waals surface area contributed by atoms with Gasteiger partial charge in [-0.1, -0.05) is 35.4 Å². The molecule has 0 aromatic heterocycles. The molecule has 3 aromatic rings. The van der Waals surface area contributed by atoms with Crippen LogP contribution in [0.5, 0.6) is 0 Å². The zero-order valence-corrected chi connectivity index (χ0v) is 19.5. The Morgan fingerprint density at radius 1 is 0.906 bits per heavy atom. The van der Waals surface area contributed by atoms with Gasteiger partial charge in [-0.05, 0) is 62.4 Å². The van der Waals surface area contributed by atoms with Crippen molar-refractivity contribution in [3.8, 4) is 0 Å². The molecule has 0 heterocycles. The van der Waals surface area contributed by atoms with Gasteiger partial charge < -0.3 is 5.32 Å². The summed E-state index contributed by atoms with van der Waals surface area (Å²) in [4.78, 5) is 13.7. The first kappa shape index (κ1) is 23.8. The lowest BCUT2D eigenvalue weighted by atomic mass is 10.2. The number of benzene rings is 3. The summed E-state index contributed by atoms with van der Waals surface area (Å²) in [6.07, 6.45) is 0. The van der Waals surface area contributed by atoms with E-state index in [4.69, 9.17) is 0 Å². The number of rotatable bonds is 9. The van der Waals surface area contributed by atoms with Gasteiger partial charge in [-0.25, -0.2) is 12.8 Å². The minimum atomic E-state index is -4.01.